The molecule has 0 aromatic carbocycles. The van der Waals surface area contributed by atoms with Crippen LogP contribution in [0.3, 0.4) is 0 Å². The number of aromatic nitrogens is 3. The zero-order valence-corrected chi connectivity index (χ0v) is 12.5. The number of hydrogen-bond acceptors (Lipinski definition) is 5. The van der Waals surface area contributed by atoms with Crippen molar-refractivity contribution < 1.29 is 9.53 Å². The Bertz CT molecular complexity index is 680. The molecule has 7 heteroatoms. The van der Waals surface area contributed by atoms with E-state index in [-0.39, 0.29) is 18.1 Å². The first-order chi connectivity index (χ1) is 10.2. The van der Waals surface area contributed by atoms with Gasteiger partial charge >= 0.3 is 0 Å². The Morgan fingerprint density at radius 1 is 1.48 bits per heavy atom. The van der Waals surface area contributed by atoms with Crippen molar-refractivity contribution in [2.75, 3.05) is 6.61 Å². The number of thiazole rings is 1. The molecule has 1 aliphatic carbocycles. The predicted octanol–water partition coefficient (Wildman–Crippen LogP) is 1.45. The quantitative estimate of drug-likeness (QED) is 0.932. The third-order valence-electron chi connectivity index (χ3n) is 4.15. The molecule has 21 heavy (non-hydrogen) atoms. The van der Waals surface area contributed by atoms with Crippen LogP contribution in [0.1, 0.15) is 22.5 Å². The van der Waals surface area contributed by atoms with E-state index < -0.39 is 0 Å². The summed E-state index contributed by atoms with van der Waals surface area (Å²) in [6.07, 6.45) is 7.59. The minimum absolute atomic E-state index is 0.0520. The number of nitrogens with zero attached hydrogens (tertiary/aromatic N) is 3. The lowest BCUT2D eigenvalue weighted by molar-refractivity contribution is 0.0471. The fourth-order valence-electron chi connectivity index (χ4n) is 3.12. The summed E-state index contributed by atoms with van der Waals surface area (Å²) in [5, 5.41) is 8.02. The molecule has 0 radical (unpaired) electrons. The first-order valence-electron chi connectivity index (χ1n) is 7.06. The number of rotatable bonds is 3. The summed E-state index contributed by atoms with van der Waals surface area (Å²) in [5.74, 6) is 0.566. The highest BCUT2D eigenvalue weighted by Gasteiger charge is 2.41. The Kier molecular flexibility index (Phi) is 3.04. The van der Waals surface area contributed by atoms with Gasteiger partial charge in [0.15, 0.2) is 0 Å². The van der Waals surface area contributed by atoms with Crippen LogP contribution in [0.5, 0.6) is 0 Å². The van der Waals surface area contributed by atoms with Gasteiger partial charge in [0, 0.05) is 18.8 Å². The molecule has 0 unspecified atom stereocenters. The van der Waals surface area contributed by atoms with Gasteiger partial charge in [-0.05, 0) is 18.8 Å². The van der Waals surface area contributed by atoms with Crippen LogP contribution in [0.15, 0.2) is 18.6 Å². The molecule has 2 bridgehead atoms. The SMILES string of the molecule is Cn1cc(-c2ncc(C(=O)N[C@@H]3C[C@@H]4CO[C@H]3C4)s2)cn1. The average molecular weight is 304 g/mol. The van der Waals surface area contributed by atoms with Gasteiger partial charge in [0.2, 0.25) is 0 Å². The highest BCUT2D eigenvalue weighted by Crippen LogP contribution is 2.35. The second kappa shape index (κ2) is 4.92. The molecule has 2 aliphatic rings. The van der Waals surface area contributed by atoms with E-state index in [0.717, 1.165) is 30.0 Å². The molecule has 4 rings (SSSR count). The number of hydrogen-bond donors (Lipinski definition) is 1. The molecular formula is C14H16N4O2S. The van der Waals surface area contributed by atoms with Crippen molar-refractivity contribution >= 4 is 17.2 Å². The molecule has 1 saturated carbocycles. The molecule has 6 nitrogen and oxygen atoms in total. The Hall–Kier alpha value is -1.73. The van der Waals surface area contributed by atoms with Crippen molar-refractivity contribution in [3.05, 3.63) is 23.5 Å². The van der Waals surface area contributed by atoms with Crippen LogP contribution in [-0.4, -0.2) is 39.4 Å². The van der Waals surface area contributed by atoms with Gasteiger partial charge in [-0.15, -0.1) is 11.3 Å². The summed E-state index contributed by atoms with van der Waals surface area (Å²) in [5.41, 5.74) is 0.935. The number of amides is 1. The maximum Gasteiger partial charge on any atom is 0.263 e. The van der Waals surface area contributed by atoms with Gasteiger partial charge in [-0.1, -0.05) is 0 Å². The fourth-order valence-corrected chi connectivity index (χ4v) is 3.91. The van der Waals surface area contributed by atoms with E-state index in [1.165, 1.54) is 11.3 Å². The summed E-state index contributed by atoms with van der Waals surface area (Å²) >= 11 is 1.39. The van der Waals surface area contributed by atoms with E-state index in [1.807, 2.05) is 13.2 Å². The molecule has 0 spiro atoms. The van der Waals surface area contributed by atoms with Gasteiger partial charge in [-0.3, -0.25) is 9.48 Å². The lowest BCUT2D eigenvalue weighted by atomic mass is 10.1. The van der Waals surface area contributed by atoms with Gasteiger partial charge in [0.05, 0.1) is 31.1 Å². The fraction of sp³-hybridized carbons (Fsp3) is 0.500. The highest BCUT2D eigenvalue weighted by atomic mass is 32.1. The maximum atomic E-state index is 12.3. The Labute approximate surface area is 126 Å². The summed E-state index contributed by atoms with van der Waals surface area (Å²) in [6, 6.07) is 0.153. The summed E-state index contributed by atoms with van der Waals surface area (Å²) in [4.78, 5) is 17.3. The largest absolute Gasteiger partial charge is 0.376 e. The Morgan fingerprint density at radius 3 is 3.05 bits per heavy atom. The van der Waals surface area contributed by atoms with Crippen LogP contribution in [-0.2, 0) is 11.8 Å². The minimum Gasteiger partial charge on any atom is -0.376 e. The molecule has 1 saturated heterocycles. The first kappa shape index (κ1) is 13.0. The van der Waals surface area contributed by atoms with Crippen LogP contribution in [0.25, 0.3) is 10.6 Å². The number of ether oxygens (including phenoxy) is 1. The molecule has 2 fully saturated rings. The molecule has 3 atom stereocenters. The van der Waals surface area contributed by atoms with Gasteiger partial charge in [0.1, 0.15) is 9.88 Å². The average Bonchev–Trinajstić information content (AvgIpc) is 3.22. The van der Waals surface area contributed by atoms with Gasteiger partial charge in [0.25, 0.3) is 5.91 Å². The van der Waals surface area contributed by atoms with E-state index in [4.69, 9.17) is 4.74 Å². The van der Waals surface area contributed by atoms with Crippen molar-refractivity contribution in [2.24, 2.45) is 13.0 Å². The number of fused-ring (bicyclic) bond motifs is 2. The topological polar surface area (TPSA) is 69.0 Å². The van der Waals surface area contributed by atoms with E-state index >= 15 is 0 Å². The number of carbonyl (C=O) groups excluding carboxylic acids is 1. The zero-order valence-electron chi connectivity index (χ0n) is 11.7. The second-order valence-corrected chi connectivity index (χ2v) is 6.75. The van der Waals surface area contributed by atoms with E-state index in [1.54, 1.807) is 17.1 Å². The van der Waals surface area contributed by atoms with Crippen molar-refractivity contribution in [2.45, 2.75) is 25.0 Å². The van der Waals surface area contributed by atoms with E-state index in [2.05, 4.69) is 15.4 Å². The smallest absolute Gasteiger partial charge is 0.263 e. The van der Waals surface area contributed by atoms with E-state index in [0.29, 0.717) is 10.8 Å². The highest BCUT2D eigenvalue weighted by molar-refractivity contribution is 7.16. The second-order valence-electron chi connectivity index (χ2n) is 5.72. The maximum absolute atomic E-state index is 12.3. The monoisotopic (exact) mass is 304 g/mol. The van der Waals surface area contributed by atoms with Crippen molar-refractivity contribution in [1.29, 1.82) is 0 Å². The predicted molar refractivity (Wildman–Crippen MR) is 78.0 cm³/mol. The first-order valence-corrected chi connectivity index (χ1v) is 7.88. The van der Waals surface area contributed by atoms with Crippen molar-refractivity contribution in [3.63, 3.8) is 0 Å². The summed E-state index contributed by atoms with van der Waals surface area (Å²) < 4.78 is 7.37. The molecule has 110 valence electrons. The third kappa shape index (κ3) is 2.36. The summed E-state index contributed by atoms with van der Waals surface area (Å²) in [7, 11) is 1.86. The number of nitrogens with one attached hydrogen (secondary N) is 1. The standard InChI is InChI=1S/C14H16N4O2S/c1-18-6-9(4-16-18)14-15-5-12(21-14)13(19)17-10-2-8-3-11(10)20-7-8/h4-6,8,10-11H,2-3,7H2,1H3,(H,17,19)/t8-,10+,11-/m0/s1. The molecular weight excluding hydrogens is 288 g/mol. The van der Waals surface area contributed by atoms with E-state index in [9.17, 15) is 4.79 Å². The molecule has 2 aromatic heterocycles. The van der Waals surface area contributed by atoms with Crippen LogP contribution in [0.4, 0.5) is 0 Å². The lowest BCUT2D eigenvalue weighted by Crippen LogP contribution is -2.42. The van der Waals surface area contributed by atoms with Crippen molar-refractivity contribution in [3.8, 4) is 10.6 Å². The Balaban J connectivity index is 1.46. The molecule has 2 aromatic rings. The van der Waals surface area contributed by atoms with Crippen LogP contribution in [0.2, 0.25) is 0 Å². The van der Waals surface area contributed by atoms with Gasteiger partial charge < -0.3 is 10.1 Å². The molecule has 3 heterocycles. The third-order valence-corrected chi connectivity index (χ3v) is 5.19. The van der Waals surface area contributed by atoms with Crippen LogP contribution >= 0.6 is 11.3 Å². The number of carbonyl (C=O) groups is 1. The molecule has 1 aliphatic heterocycles. The zero-order chi connectivity index (χ0) is 14.4. The van der Waals surface area contributed by atoms with Gasteiger partial charge in [-0.25, -0.2) is 4.98 Å². The molecule has 1 N–H and O–H groups in total. The normalized spacial score (nSPS) is 27.2. The Morgan fingerprint density at radius 2 is 2.38 bits per heavy atom. The number of aryl methyl sites for hydroxylation is 1. The van der Waals surface area contributed by atoms with Crippen LogP contribution < -0.4 is 5.32 Å². The van der Waals surface area contributed by atoms with Crippen LogP contribution in [0, 0.1) is 5.92 Å². The molecule has 1 amide bonds. The summed E-state index contributed by atoms with van der Waals surface area (Å²) in [6.45, 7) is 0.850. The minimum atomic E-state index is -0.0520. The van der Waals surface area contributed by atoms with Gasteiger partial charge in [-0.2, -0.15) is 5.10 Å². The van der Waals surface area contributed by atoms with Crippen molar-refractivity contribution in [1.82, 2.24) is 20.1 Å². The lowest BCUT2D eigenvalue weighted by Gasteiger charge is -2.22.